The Labute approximate surface area is 141 Å². The Morgan fingerprint density at radius 2 is 1.57 bits per heavy atom. The molecular weight excluding hydrogens is 284 g/mol. The van der Waals surface area contributed by atoms with Crippen molar-refractivity contribution < 1.29 is 0 Å². The number of benzene rings is 1. The Morgan fingerprint density at radius 3 is 2.35 bits per heavy atom. The lowest BCUT2D eigenvalue weighted by molar-refractivity contribution is 0.503. The quantitative estimate of drug-likeness (QED) is 0.420. The molecule has 1 atom stereocenters. The normalized spacial score (nSPS) is 16.7. The van der Waals surface area contributed by atoms with Crippen LogP contribution in [0, 0.1) is 0 Å². The minimum atomic E-state index is 0.575. The third-order valence-corrected chi connectivity index (χ3v) is 4.57. The zero-order chi connectivity index (χ0) is 16.2. The molecule has 0 spiro atoms. The van der Waals surface area contributed by atoms with Gasteiger partial charge in [-0.3, -0.25) is 0 Å². The van der Waals surface area contributed by atoms with Crippen LogP contribution in [0.15, 0.2) is 24.3 Å². The molecule has 0 fully saturated rings. The zero-order valence-electron chi connectivity index (χ0n) is 14.4. The molecular formula is C19H34N4. The van der Waals surface area contributed by atoms with Gasteiger partial charge >= 0.3 is 0 Å². The van der Waals surface area contributed by atoms with Crippen molar-refractivity contribution in [2.45, 2.75) is 44.6 Å². The summed E-state index contributed by atoms with van der Waals surface area (Å²) in [5.41, 5.74) is 8.50. The van der Waals surface area contributed by atoms with E-state index >= 15 is 0 Å². The summed E-state index contributed by atoms with van der Waals surface area (Å²) in [7, 11) is 0. The van der Waals surface area contributed by atoms with Gasteiger partial charge in [0.1, 0.15) is 0 Å². The summed E-state index contributed by atoms with van der Waals surface area (Å²) in [4.78, 5) is 0. The van der Waals surface area contributed by atoms with Gasteiger partial charge in [0.15, 0.2) is 0 Å². The van der Waals surface area contributed by atoms with E-state index in [2.05, 4.69) is 40.2 Å². The van der Waals surface area contributed by atoms with Crippen molar-refractivity contribution in [1.82, 2.24) is 16.0 Å². The largest absolute Gasteiger partial charge is 0.330 e. The third kappa shape index (κ3) is 7.00. The van der Waals surface area contributed by atoms with Gasteiger partial charge in [0, 0.05) is 6.04 Å². The summed E-state index contributed by atoms with van der Waals surface area (Å²) in [6, 6.07) is 9.43. The highest BCUT2D eigenvalue weighted by Gasteiger charge is 2.20. The van der Waals surface area contributed by atoms with Crippen molar-refractivity contribution in [1.29, 1.82) is 0 Å². The maximum Gasteiger partial charge on any atom is 0.0326 e. The molecule has 1 aliphatic carbocycles. The molecule has 130 valence electrons. The van der Waals surface area contributed by atoms with Crippen LogP contribution in [-0.4, -0.2) is 39.3 Å². The molecule has 5 N–H and O–H groups in total. The Kier molecular flexibility index (Phi) is 9.26. The first-order chi connectivity index (χ1) is 11.4. The molecule has 0 heterocycles. The number of aryl methyl sites for hydroxylation is 1. The van der Waals surface area contributed by atoms with Crippen LogP contribution in [0.25, 0.3) is 0 Å². The molecule has 4 nitrogen and oxygen atoms in total. The van der Waals surface area contributed by atoms with Gasteiger partial charge in [-0.15, -0.1) is 0 Å². The molecule has 1 aromatic rings. The topological polar surface area (TPSA) is 62.1 Å². The van der Waals surface area contributed by atoms with E-state index in [0.29, 0.717) is 6.04 Å². The lowest BCUT2D eigenvalue weighted by Gasteiger charge is -2.14. The van der Waals surface area contributed by atoms with Gasteiger partial charge in [-0.25, -0.2) is 0 Å². The average Bonchev–Trinajstić information content (AvgIpc) is 2.99. The van der Waals surface area contributed by atoms with Crippen LogP contribution < -0.4 is 21.7 Å². The Hall–Kier alpha value is -0.940. The summed E-state index contributed by atoms with van der Waals surface area (Å²) in [6.45, 7) is 6.30. The minimum Gasteiger partial charge on any atom is -0.330 e. The highest BCUT2D eigenvalue weighted by atomic mass is 14.9. The number of nitrogens with two attached hydrogens (primary N) is 1. The number of rotatable bonds is 13. The van der Waals surface area contributed by atoms with Gasteiger partial charge in [0.25, 0.3) is 0 Å². The monoisotopic (exact) mass is 318 g/mol. The van der Waals surface area contributed by atoms with E-state index in [0.717, 1.165) is 45.7 Å². The molecule has 0 aromatic heterocycles. The summed E-state index contributed by atoms with van der Waals surface area (Å²) >= 11 is 0. The molecule has 0 amide bonds. The lowest BCUT2D eigenvalue weighted by Crippen LogP contribution is -2.25. The van der Waals surface area contributed by atoms with Crippen molar-refractivity contribution in [3.8, 4) is 0 Å². The summed E-state index contributed by atoms with van der Waals surface area (Å²) in [5.74, 6) is 0. The number of hydrogen-bond donors (Lipinski definition) is 4. The second-order valence-corrected chi connectivity index (χ2v) is 6.45. The number of fused-ring (bicyclic) bond motifs is 1. The van der Waals surface area contributed by atoms with E-state index in [9.17, 15) is 0 Å². The molecule has 23 heavy (non-hydrogen) atoms. The fourth-order valence-electron chi connectivity index (χ4n) is 3.24. The molecule has 2 rings (SSSR count). The van der Waals surface area contributed by atoms with E-state index in [-0.39, 0.29) is 0 Å². The maximum atomic E-state index is 5.46. The highest BCUT2D eigenvalue weighted by Crippen LogP contribution is 2.30. The van der Waals surface area contributed by atoms with Gasteiger partial charge in [-0.1, -0.05) is 24.3 Å². The van der Waals surface area contributed by atoms with Gasteiger partial charge in [-0.2, -0.15) is 0 Å². The number of hydrogen-bond acceptors (Lipinski definition) is 4. The molecule has 1 aliphatic rings. The van der Waals surface area contributed by atoms with Crippen LogP contribution in [0.5, 0.6) is 0 Å². The Morgan fingerprint density at radius 1 is 0.870 bits per heavy atom. The fourth-order valence-corrected chi connectivity index (χ4v) is 3.24. The van der Waals surface area contributed by atoms with Crippen LogP contribution >= 0.6 is 0 Å². The molecule has 0 saturated heterocycles. The van der Waals surface area contributed by atoms with Gasteiger partial charge in [0.2, 0.25) is 0 Å². The predicted molar refractivity (Wildman–Crippen MR) is 98.8 cm³/mol. The smallest absolute Gasteiger partial charge is 0.0326 e. The van der Waals surface area contributed by atoms with Crippen molar-refractivity contribution in [3.05, 3.63) is 35.4 Å². The van der Waals surface area contributed by atoms with Gasteiger partial charge < -0.3 is 21.7 Å². The van der Waals surface area contributed by atoms with Crippen LogP contribution in [0.3, 0.4) is 0 Å². The van der Waals surface area contributed by atoms with E-state index in [1.165, 1.54) is 43.2 Å². The molecule has 0 saturated carbocycles. The van der Waals surface area contributed by atoms with E-state index in [1.54, 1.807) is 0 Å². The molecule has 4 heteroatoms. The second kappa shape index (κ2) is 11.6. The summed E-state index contributed by atoms with van der Waals surface area (Å²) in [5, 5.41) is 10.7. The lowest BCUT2D eigenvalue weighted by atomic mass is 10.1. The third-order valence-electron chi connectivity index (χ3n) is 4.57. The van der Waals surface area contributed by atoms with Crippen LogP contribution in [0.4, 0.5) is 0 Å². The minimum absolute atomic E-state index is 0.575. The Balaban J connectivity index is 1.39. The van der Waals surface area contributed by atoms with Crippen LogP contribution in [0.2, 0.25) is 0 Å². The predicted octanol–water partition coefficient (Wildman–Crippen LogP) is 1.96. The first kappa shape index (κ1) is 18.4. The van der Waals surface area contributed by atoms with Crippen LogP contribution in [-0.2, 0) is 6.42 Å². The standard InChI is InChI=1S/C19H34N4/c20-11-5-14-21-12-3-4-13-22-15-6-16-23-19-10-9-17-7-1-2-8-18(17)19/h1-2,7-8,19,21-23H,3-6,9-16,20H2. The number of nitrogens with one attached hydrogen (secondary N) is 3. The van der Waals surface area contributed by atoms with Gasteiger partial charge in [0.05, 0.1) is 0 Å². The fraction of sp³-hybridized carbons (Fsp3) is 0.684. The first-order valence-corrected chi connectivity index (χ1v) is 9.34. The SMILES string of the molecule is NCCCNCCCCNCCCNC1CCc2ccccc21. The summed E-state index contributed by atoms with van der Waals surface area (Å²) < 4.78 is 0. The number of unbranched alkanes of at least 4 members (excludes halogenated alkanes) is 1. The zero-order valence-corrected chi connectivity index (χ0v) is 14.4. The molecule has 0 bridgehead atoms. The van der Waals surface area contributed by atoms with E-state index < -0.39 is 0 Å². The second-order valence-electron chi connectivity index (χ2n) is 6.45. The maximum absolute atomic E-state index is 5.46. The van der Waals surface area contributed by atoms with E-state index in [4.69, 9.17) is 5.73 Å². The molecule has 0 radical (unpaired) electrons. The highest BCUT2D eigenvalue weighted by molar-refractivity contribution is 5.34. The van der Waals surface area contributed by atoms with Gasteiger partial charge in [-0.05, 0) is 88.9 Å². The molecule has 1 unspecified atom stereocenters. The van der Waals surface area contributed by atoms with E-state index in [1.807, 2.05) is 0 Å². The van der Waals surface area contributed by atoms with Crippen molar-refractivity contribution in [3.63, 3.8) is 0 Å². The Bertz CT molecular complexity index is 422. The first-order valence-electron chi connectivity index (χ1n) is 9.34. The van der Waals surface area contributed by atoms with Crippen LogP contribution in [0.1, 0.15) is 49.3 Å². The van der Waals surface area contributed by atoms with Crippen molar-refractivity contribution >= 4 is 0 Å². The van der Waals surface area contributed by atoms with Crippen molar-refractivity contribution in [2.24, 2.45) is 5.73 Å². The molecule has 1 aromatic carbocycles. The molecule has 0 aliphatic heterocycles. The summed E-state index contributed by atoms with van der Waals surface area (Å²) in [6.07, 6.45) is 7.26. The van der Waals surface area contributed by atoms with Crippen molar-refractivity contribution in [2.75, 3.05) is 39.3 Å². The average molecular weight is 319 g/mol.